The summed E-state index contributed by atoms with van der Waals surface area (Å²) in [6.07, 6.45) is 0. The maximum atomic E-state index is 11.7. The van der Waals surface area contributed by atoms with E-state index in [1.165, 1.54) is 19.1 Å². The number of phenols is 2. The van der Waals surface area contributed by atoms with E-state index >= 15 is 0 Å². The van der Waals surface area contributed by atoms with Gasteiger partial charge in [0.25, 0.3) is 0 Å². The van der Waals surface area contributed by atoms with E-state index in [0.717, 1.165) is 0 Å². The summed E-state index contributed by atoms with van der Waals surface area (Å²) in [4.78, 5) is 23.4. The van der Waals surface area contributed by atoms with Crippen LogP contribution in [0.1, 0.15) is 17.3 Å². The molecular weight excluding hydrogens is 284 g/mol. The fourth-order valence-electron chi connectivity index (χ4n) is 2.49. The highest BCUT2D eigenvalue weighted by atomic mass is 16.4. The van der Waals surface area contributed by atoms with Crippen molar-refractivity contribution in [2.45, 2.75) is 6.92 Å². The molecule has 0 aliphatic carbocycles. The second-order valence-electron chi connectivity index (χ2n) is 4.89. The van der Waals surface area contributed by atoms with Gasteiger partial charge in [0.2, 0.25) is 0 Å². The van der Waals surface area contributed by atoms with Crippen LogP contribution in [0, 0.1) is 0 Å². The van der Waals surface area contributed by atoms with Crippen molar-refractivity contribution in [3.8, 4) is 22.6 Å². The van der Waals surface area contributed by atoms with Crippen molar-refractivity contribution in [1.29, 1.82) is 0 Å². The fourth-order valence-corrected chi connectivity index (χ4v) is 2.49. The molecular formula is C17H12O5. The van der Waals surface area contributed by atoms with E-state index in [-0.39, 0.29) is 16.5 Å². The summed E-state index contributed by atoms with van der Waals surface area (Å²) >= 11 is 0. The highest BCUT2D eigenvalue weighted by Gasteiger charge is 2.21. The Morgan fingerprint density at radius 2 is 1.77 bits per heavy atom. The molecule has 3 aromatic rings. The molecule has 22 heavy (non-hydrogen) atoms. The van der Waals surface area contributed by atoms with Crippen LogP contribution in [0.25, 0.3) is 22.1 Å². The minimum Gasteiger partial charge on any atom is -0.507 e. The lowest BCUT2D eigenvalue weighted by atomic mass is 9.98. The molecule has 0 bridgehead atoms. The summed E-state index contributed by atoms with van der Waals surface area (Å²) < 4.78 is 5.03. The van der Waals surface area contributed by atoms with Gasteiger partial charge >= 0.3 is 5.63 Å². The number of phenolic OH excluding ortho intramolecular Hbond substituents is 2. The molecule has 0 atom stereocenters. The van der Waals surface area contributed by atoms with Crippen LogP contribution < -0.4 is 5.63 Å². The molecule has 0 amide bonds. The number of benzene rings is 2. The second kappa shape index (κ2) is 5.04. The van der Waals surface area contributed by atoms with E-state index in [0.29, 0.717) is 11.1 Å². The highest BCUT2D eigenvalue weighted by Crippen LogP contribution is 2.40. The van der Waals surface area contributed by atoms with Crippen molar-refractivity contribution in [2.24, 2.45) is 0 Å². The molecule has 0 aliphatic heterocycles. The number of rotatable bonds is 2. The Bertz CT molecular complexity index is 939. The molecule has 0 spiro atoms. The van der Waals surface area contributed by atoms with Crippen molar-refractivity contribution in [3.05, 3.63) is 58.4 Å². The van der Waals surface area contributed by atoms with Gasteiger partial charge in [-0.2, -0.15) is 0 Å². The Morgan fingerprint density at radius 3 is 2.41 bits per heavy atom. The fraction of sp³-hybridized carbons (Fsp3) is 0.0588. The van der Waals surface area contributed by atoms with Gasteiger partial charge in [0.1, 0.15) is 22.6 Å². The van der Waals surface area contributed by atoms with E-state index in [1.807, 2.05) is 6.07 Å². The van der Waals surface area contributed by atoms with E-state index in [9.17, 15) is 19.8 Å². The lowest BCUT2D eigenvalue weighted by Gasteiger charge is -2.11. The third-order valence-corrected chi connectivity index (χ3v) is 3.42. The van der Waals surface area contributed by atoms with Gasteiger partial charge in [-0.25, -0.2) is 4.79 Å². The van der Waals surface area contributed by atoms with Gasteiger partial charge < -0.3 is 14.6 Å². The maximum Gasteiger partial charge on any atom is 0.336 e. The average molecular weight is 296 g/mol. The Labute approximate surface area is 125 Å². The largest absolute Gasteiger partial charge is 0.507 e. The molecule has 3 rings (SSSR count). The quantitative estimate of drug-likeness (QED) is 0.560. The van der Waals surface area contributed by atoms with Crippen LogP contribution in [0.4, 0.5) is 0 Å². The van der Waals surface area contributed by atoms with Crippen LogP contribution in [0.2, 0.25) is 0 Å². The number of carbonyl (C=O) groups is 1. The third kappa shape index (κ3) is 2.13. The molecule has 0 saturated heterocycles. The monoisotopic (exact) mass is 296 g/mol. The van der Waals surface area contributed by atoms with Crippen molar-refractivity contribution in [1.82, 2.24) is 0 Å². The molecule has 0 saturated carbocycles. The lowest BCUT2D eigenvalue weighted by Crippen LogP contribution is -2.01. The van der Waals surface area contributed by atoms with E-state index in [1.54, 1.807) is 24.3 Å². The van der Waals surface area contributed by atoms with Crippen molar-refractivity contribution in [3.63, 3.8) is 0 Å². The number of hydrogen-bond acceptors (Lipinski definition) is 5. The smallest absolute Gasteiger partial charge is 0.336 e. The number of ketones is 1. The topological polar surface area (TPSA) is 87.7 Å². The Hall–Kier alpha value is -3.08. The Balaban J connectivity index is 2.50. The Kier molecular flexibility index (Phi) is 3.18. The maximum absolute atomic E-state index is 11.7. The van der Waals surface area contributed by atoms with Crippen LogP contribution >= 0.6 is 0 Å². The van der Waals surface area contributed by atoms with Gasteiger partial charge in [-0.05, 0) is 12.5 Å². The van der Waals surface area contributed by atoms with Crippen LogP contribution in [0.5, 0.6) is 11.5 Å². The molecule has 110 valence electrons. The average Bonchev–Trinajstić information content (AvgIpc) is 2.46. The first kappa shape index (κ1) is 13.9. The van der Waals surface area contributed by atoms with Crippen LogP contribution in [0.3, 0.4) is 0 Å². The molecule has 0 aliphatic rings. The van der Waals surface area contributed by atoms with E-state index < -0.39 is 22.9 Å². The normalized spacial score (nSPS) is 10.8. The summed E-state index contributed by atoms with van der Waals surface area (Å²) in [7, 11) is 0. The zero-order valence-electron chi connectivity index (χ0n) is 11.7. The van der Waals surface area contributed by atoms with Gasteiger partial charge in [0, 0.05) is 17.7 Å². The van der Waals surface area contributed by atoms with E-state index in [4.69, 9.17) is 4.42 Å². The van der Waals surface area contributed by atoms with Gasteiger partial charge in [-0.1, -0.05) is 30.3 Å². The van der Waals surface area contributed by atoms with Crippen molar-refractivity contribution < 1.29 is 19.4 Å². The summed E-state index contributed by atoms with van der Waals surface area (Å²) in [5.74, 6) is -1.31. The standard InChI is InChI=1S/C17H12O5/c1-9(18)15-12(19)8-13-16(17(15)21)11(7-14(20)22-13)10-5-3-2-4-6-10/h2-8,19,21H,1H3. The van der Waals surface area contributed by atoms with Crippen LogP contribution in [-0.4, -0.2) is 16.0 Å². The third-order valence-electron chi connectivity index (χ3n) is 3.42. The number of fused-ring (bicyclic) bond motifs is 1. The van der Waals surface area contributed by atoms with Crippen LogP contribution in [-0.2, 0) is 0 Å². The molecule has 5 heteroatoms. The van der Waals surface area contributed by atoms with E-state index in [2.05, 4.69) is 0 Å². The summed E-state index contributed by atoms with van der Waals surface area (Å²) in [5.41, 5.74) is 0.341. The Morgan fingerprint density at radius 1 is 1.09 bits per heavy atom. The molecule has 2 N–H and O–H groups in total. The molecule has 2 aromatic carbocycles. The molecule has 1 heterocycles. The van der Waals surface area contributed by atoms with Gasteiger partial charge in [0.15, 0.2) is 5.78 Å². The number of Topliss-reactive ketones (excluding diaryl/α,β-unsaturated/α-hetero) is 1. The minimum absolute atomic E-state index is 0.0198. The first-order chi connectivity index (χ1) is 10.5. The first-order valence-corrected chi connectivity index (χ1v) is 6.58. The summed E-state index contributed by atoms with van der Waals surface area (Å²) in [5, 5.41) is 20.5. The minimum atomic E-state index is -0.610. The first-order valence-electron chi connectivity index (χ1n) is 6.58. The number of aromatic hydroxyl groups is 2. The predicted octanol–water partition coefficient (Wildman–Crippen LogP) is 3.07. The van der Waals surface area contributed by atoms with Crippen LogP contribution in [0.15, 0.2) is 51.7 Å². The zero-order valence-corrected chi connectivity index (χ0v) is 11.7. The van der Waals surface area contributed by atoms with Gasteiger partial charge in [-0.3, -0.25) is 4.79 Å². The molecule has 5 nitrogen and oxygen atoms in total. The summed E-state index contributed by atoms with van der Waals surface area (Å²) in [6, 6.07) is 11.4. The van der Waals surface area contributed by atoms with Crippen molar-refractivity contribution in [2.75, 3.05) is 0 Å². The molecule has 0 radical (unpaired) electrons. The number of carbonyl (C=O) groups excluding carboxylic acids is 1. The van der Waals surface area contributed by atoms with Gasteiger partial charge in [0.05, 0.1) is 5.39 Å². The summed E-state index contributed by atoms with van der Waals surface area (Å²) in [6.45, 7) is 1.24. The lowest BCUT2D eigenvalue weighted by molar-refractivity contribution is 0.101. The number of hydrogen-bond donors (Lipinski definition) is 2. The molecule has 1 aromatic heterocycles. The zero-order chi connectivity index (χ0) is 15.9. The highest BCUT2D eigenvalue weighted by molar-refractivity contribution is 6.08. The second-order valence-corrected chi connectivity index (χ2v) is 4.89. The SMILES string of the molecule is CC(=O)c1c(O)cc2oc(=O)cc(-c3ccccc3)c2c1O. The predicted molar refractivity (Wildman–Crippen MR) is 81.3 cm³/mol. The molecule has 0 fully saturated rings. The van der Waals surface area contributed by atoms with Gasteiger partial charge in [-0.15, -0.1) is 0 Å². The van der Waals surface area contributed by atoms with Crippen molar-refractivity contribution >= 4 is 16.8 Å². The molecule has 0 unspecified atom stereocenters.